The van der Waals surface area contributed by atoms with Crippen molar-refractivity contribution in [1.82, 2.24) is 4.98 Å². The first-order valence-corrected chi connectivity index (χ1v) is 9.00. The van der Waals surface area contributed by atoms with Gasteiger partial charge in [-0.25, -0.2) is 4.98 Å². The number of hydrogen-bond donors (Lipinski definition) is 1. The van der Waals surface area contributed by atoms with Gasteiger partial charge >= 0.3 is 0 Å². The van der Waals surface area contributed by atoms with Crippen LogP contribution in [0.5, 0.6) is 11.5 Å². The van der Waals surface area contributed by atoms with E-state index in [1.165, 1.54) is 0 Å². The number of nitrogens with zero attached hydrogens (tertiary/aromatic N) is 1. The molecule has 0 spiro atoms. The number of nitrogens with one attached hydrogen (secondary N) is 1. The summed E-state index contributed by atoms with van der Waals surface area (Å²) in [5.41, 5.74) is 2.21. The van der Waals surface area contributed by atoms with Gasteiger partial charge in [0.05, 0.1) is 28.4 Å². The topological polar surface area (TPSA) is 60.5 Å². The second-order valence-corrected chi connectivity index (χ2v) is 6.63. The molecule has 5 nitrogen and oxygen atoms in total. The van der Waals surface area contributed by atoms with Gasteiger partial charge in [0.2, 0.25) is 0 Å². The average molecular weight is 356 g/mol. The Hall–Kier alpha value is -2.60. The van der Waals surface area contributed by atoms with Crippen molar-refractivity contribution >= 4 is 33.1 Å². The van der Waals surface area contributed by atoms with Crippen molar-refractivity contribution in [2.24, 2.45) is 0 Å². The molecule has 130 valence electrons. The van der Waals surface area contributed by atoms with Crippen LogP contribution in [0.25, 0.3) is 10.2 Å². The molecule has 0 aliphatic heterocycles. The highest BCUT2D eigenvalue weighted by Crippen LogP contribution is 2.29. The summed E-state index contributed by atoms with van der Waals surface area (Å²) in [6, 6.07) is 10.9. The van der Waals surface area contributed by atoms with Crippen molar-refractivity contribution in [2.75, 3.05) is 18.5 Å². The number of carbonyl (C=O) groups is 1. The van der Waals surface area contributed by atoms with Gasteiger partial charge in [0.1, 0.15) is 0 Å². The van der Waals surface area contributed by atoms with E-state index in [-0.39, 0.29) is 5.91 Å². The first kappa shape index (κ1) is 17.2. The molecule has 1 amide bonds. The van der Waals surface area contributed by atoms with E-state index in [1.54, 1.807) is 29.5 Å². The maximum absolute atomic E-state index is 12.6. The largest absolute Gasteiger partial charge is 0.490 e. The van der Waals surface area contributed by atoms with Gasteiger partial charge in [-0.2, -0.15) is 0 Å². The van der Waals surface area contributed by atoms with Crippen LogP contribution in [0.15, 0.2) is 36.4 Å². The van der Waals surface area contributed by atoms with Crippen LogP contribution >= 0.6 is 11.3 Å². The Bertz CT molecular complexity index is 905. The molecule has 3 rings (SSSR count). The van der Waals surface area contributed by atoms with Crippen molar-refractivity contribution in [3.05, 3.63) is 47.0 Å². The lowest BCUT2D eigenvalue weighted by atomic mass is 10.1. The monoisotopic (exact) mass is 356 g/mol. The SMILES string of the molecule is CCOc1ccc(C(=O)Nc2ccc3nc(C)sc3c2)cc1OCC. The lowest BCUT2D eigenvalue weighted by Gasteiger charge is -2.12. The van der Waals surface area contributed by atoms with Gasteiger partial charge in [0, 0.05) is 11.3 Å². The molecule has 25 heavy (non-hydrogen) atoms. The number of anilines is 1. The minimum absolute atomic E-state index is 0.190. The number of fused-ring (bicyclic) bond motifs is 1. The van der Waals surface area contributed by atoms with Gasteiger partial charge in [-0.1, -0.05) is 0 Å². The molecule has 0 saturated carbocycles. The molecule has 0 unspecified atom stereocenters. The number of amides is 1. The van der Waals surface area contributed by atoms with Crippen molar-refractivity contribution in [3.63, 3.8) is 0 Å². The highest BCUT2D eigenvalue weighted by Gasteiger charge is 2.12. The third-order valence-corrected chi connectivity index (χ3v) is 4.49. The second kappa shape index (κ2) is 7.53. The molecule has 1 heterocycles. The van der Waals surface area contributed by atoms with Crippen LogP contribution in [0.4, 0.5) is 5.69 Å². The van der Waals surface area contributed by atoms with Crippen LogP contribution in [0.3, 0.4) is 0 Å². The van der Waals surface area contributed by atoms with Crippen molar-refractivity contribution < 1.29 is 14.3 Å². The van der Waals surface area contributed by atoms with Crippen molar-refractivity contribution in [3.8, 4) is 11.5 Å². The maximum Gasteiger partial charge on any atom is 0.255 e. The molecule has 1 aromatic heterocycles. The molecule has 1 N–H and O–H groups in total. The molecule has 0 radical (unpaired) electrons. The van der Waals surface area contributed by atoms with E-state index in [1.807, 2.05) is 39.0 Å². The van der Waals surface area contributed by atoms with E-state index in [9.17, 15) is 4.79 Å². The number of benzene rings is 2. The van der Waals surface area contributed by atoms with E-state index in [0.29, 0.717) is 30.3 Å². The van der Waals surface area contributed by atoms with E-state index in [2.05, 4.69) is 10.3 Å². The quantitative estimate of drug-likeness (QED) is 0.698. The fourth-order valence-electron chi connectivity index (χ4n) is 2.51. The number of carbonyl (C=O) groups excluding carboxylic acids is 1. The Morgan fingerprint density at radius 1 is 1.08 bits per heavy atom. The summed E-state index contributed by atoms with van der Waals surface area (Å²) >= 11 is 1.61. The van der Waals surface area contributed by atoms with Crippen LogP contribution in [0, 0.1) is 6.92 Å². The summed E-state index contributed by atoms with van der Waals surface area (Å²) in [6.45, 7) is 6.83. The van der Waals surface area contributed by atoms with Crippen LogP contribution in [-0.2, 0) is 0 Å². The van der Waals surface area contributed by atoms with Gasteiger partial charge in [-0.05, 0) is 57.2 Å². The molecule has 0 bridgehead atoms. The Morgan fingerprint density at radius 2 is 1.84 bits per heavy atom. The fraction of sp³-hybridized carbons (Fsp3) is 0.263. The molecule has 0 fully saturated rings. The smallest absolute Gasteiger partial charge is 0.255 e. The van der Waals surface area contributed by atoms with E-state index in [4.69, 9.17) is 9.47 Å². The average Bonchev–Trinajstić information content (AvgIpc) is 2.96. The molecule has 0 atom stereocenters. The van der Waals surface area contributed by atoms with Gasteiger partial charge in [-0.3, -0.25) is 4.79 Å². The summed E-state index contributed by atoms with van der Waals surface area (Å²) in [6.07, 6.45) is 0. The highest BCUT2D eigenvalue weighted by atomic mass is 32.1. The van der Waals surface area contributed by atoms with E-state index < -0.39 is 0 Å². The molecule has 3 aromatic rings. The van der Waals surface area contributed by atoms with Crippen LogP contribution in [-0.4, -0.2) is 24.1 Å². The zero-order valence-electron chi connectivity index (χ0n) is 14.5. The highest BCUT2D eigenvalue weighted by molar-refractivity contribution is 7.18. The predicted molar refractivity (Wildman–Crippen MR) is 101 cm³/mol. The summed E-state index contributed by atoms with van der Waals surface area (Å²) in [5, 5.41) is 3.93. The first-order chi connectivity index (χ1) is 12.1. The van der Waals surface area contributed by atoms with Gasteiger partial charge in [-0.15, -0.1) is 11.3 Å². The molecule has 2 aromatic carbocycles. The van der Waals surface area contributed by atoms with Crippen LogP contribution in [0.1, 0.15) is 29.2 Å². The first-order valence-electron chi connectivity index (χ1n) is 8.19. The summed E-state index contributed by atoms with van der Waals surface area (Å²) in [5.74, 6) is 1.03. The Morgan fingerprint density at radius 3 is 2.60 bits per heavy atom. The lowest BCUT2D eigenvalue weighted by molar-refractivity contribution is 0.102. The van der Waals surface area contributed by atoms with Crippen molar-refractivity contribution in [2.45, 2.75) is 20.8 Å². The number of ether oxygens (including phenoxy) is 2. The van der Waals surface area contributed by atoms with Crippen molar-refractivity contribution in [1.29, 1.82) is 0 Å². The molecule has 0 saturated heterocycles. The van der Waals surface area contributed by atoms with Gasteiger partial charge in [0.15, 0.2) is 11.5 Å². The predicted octanol–water partition coefficient (Wildman–Crippen LogP) is 4.65. The minimum atomic E-state index is -0.190. The molecule has 6 heteroatoms. The Balaban J connectivity index is 1.82. The Kier molecular flexibility index (Phi) is 5.19. The molecular weight excluding hydrogens is 336 g/mol. The van der Waals surface area contributed by atoms with Gasteiger partial charge in [0.25, 0.3) is 5.91 Å². The molecule has 0 aliphatic rings. The minimum Gasteiger partial charge on any atom is -0.490 e. The van der Waals surface area contributed by atoms with E-state index in [0.717, 1.165) is 20.9 Å². The Labute approximate surface area is 150 Å². The fourth-order valence-corrected chi connectivity index (χ4v) is 3.38. The van der Waals surface area contributed by atoms with Gasteiger partial charge < -0.3 is 14.8 Å². The normalized spacial score (nSPS) is 10.7. The summed E-state index contributed by atoms with van der Waals surface area (Å²) in [7, 11) is 0. The molecular formula is C19H20N2O3S. The number of aromatic nitrogens is 1. The zero-order chi connectivity index (χ0) is 17.8. The summed E-state index contributed by atoms with van der Waals surface area (Å²) < 4.78 is 12.2. The standard InChI is InChI=1S/C19H20N2O3S/c1-4-23-16-9-6-13(10-17(16)24-5-2)19(22)21-14-7-8-15-18(11-14)25-12(3)20-15/h6-11H,4-5H2,1-3H3,(H,21,22). The maximum atomic E-state index is 12.6. The van der Waals surface area contributed by atoms with Crippen LogP contribution in [0.2, 0.25) is 0 Å². The second-order valence-electron chi connectivity index (χ2n) is 5.40. The van der Waals surface area contributed by atoms with E-state index >= 15 is 0 Å². The number of aryl methyl sites for hydroxylation is 1. The third-order valence-electron chi connectivity index (χ3n) is 3.56. The third kappa shape index (κ3) is 3.91. The van der Waals surface area contributed by atoms with Crippen LogP contribution < -0.4 is 14.8 Å². The number of rotatable bonds is 6. The lowest BCUT2D eigenvalue weighted by Crippen LogP contribution is -2.12. The molecule has 0 aliphatic carbocycles. The summed E-state index contributed by atoms with van der Waals surface area (Å²) in [4.78, 5) is 17.0. The number of thiazole rings is 1. The number of hydrogen-bond acceptors (Lipinski definition) is 5. The zero-order valence-corrected chi connectivity index (χ0v) is 15.3.